The molecule has 0 heterocycles. The average Bonchev–Trinajstić information content (AvgIpc) is 3.23. The number of nitriles is 1. The lowest BCUT2D eigenvalue weighted by atomic mass is 10.2. The molecule has 1 aliphatic carbocycles. The number of nitrogens with zero attached hydrogens (tertiary/aromatic N) is 1. The van der Waals surface area contributed by atoms with E-state index >= 15 is 0 Å². The number of anilines is 1. The van der Waals surface area contributed by atoms with Crippen molar-refractivity contribution in [3.05, 3.63) is 41.6 Å². The molecule has 2 rings (SSSR count). The fourth-order valence-electron chi connectivity index (χ4n) is 1.57. The SMILES string of the molecule is N#C/C(=C/NC1CC1)C(=O)Nc1cccc(C(F)(F)F)c1. The number of nitrogens with one attached hydrogen (secondary N) is 2. The fourth-order valence-corrected chi connectivity index (χ4v) is 1.57. The van der Waals surface area contributed by atoms with Crippen LogP contribution >= 0.6 is 0 Å². The summed E-state index contributed by atoms with van der Waals surface area (Å²) in [5, 5.41) is 14.1. The van der Waals surface area contributed by atoms with Crippen LogP contribution in [-0.4, -0.2) is 11.9 Å². The van der Waals surface area contributed by atoms with Gasteiger partial charge in [0.25, 0.3) is 5.91 Å². The van der Waals surface area contributed by atoms with Gasteiger partial charge < -0.3 is 10.6 Å². The number of amides is 1. The maximum Gasteiger partial charge on any atom is 0.416 e. The van der Waals surface area contributed by atoms with Gasteiger partial charge >= 0.3 is 6.18 Å². The van der Waals surface area contributed by atoms with Gasteiger partial charge in [0.05, 0.1) is 5.56 Å². The van der Waals surface area contributed by atoms with Crippen LogP contribution in [0.2, 0.25) is 0 Å². The van der Waals surface area contributed by atoms with Crippen LogP contribution in [0.15, 0.2) is 36.0 Å². The maximum atomic E-state index is 12.6. The molecule has 1 aromatic carbocycles. The van der Waals surface area contributed by atoms with Crippen molar-refractivity contribution in [1.82, 2.24) is 5.32 Å². The molecular formula is C14H12F3N3O. The Morgan fingerprint density at radius 2 is 2.10 bits per heavy atom. The number of carbonyl (C=O) groups excluding carboxylic acids is 1. The molecule has 2 N–H and O–H groups in total. The van der Waals surface area contributed by atoms with Gasteiger partial charge in [-0.2, -0.15) is 18.4 Å². The lowest BCUT2D eigenvalue weighted by Crippen LogP contribution is -2.18. The van der Waals surface area contributed by atoms with Gasteiger partial charge in [-0.15, -0.1) is 0 Å². The van der Waals surface area contributed by atoms with Crippen LogP contribution in [0.3, 0.4) is 0 Å². The summed E-state index contributed by atoms with van der Waals surface area (Å²) in [7, 11) is 0. The van der Waals surface area contributed by atoms with Crippen molar-refractivity contribution < 1.29 is 18.0 Å². The van der Waals surface area contributed by atoms with E-state index in [2.05, 4.69) is 10.6 Å². The lowest BCUT2D eigenvalue weighted by Gasteiger charge is -2.09. The molecule has 1 aliphatic rings. The predicted molar refractivity (Wildman–Crippen MR) is 69.9 cm³/mol. The molecule has 0 aromatic heterocycles. The van der Waals surface area contributed by atoms with Crippen molar-refractivity contribution in [2.24, 2.45) is 0 Å². The first-order valence-corrected chi connectivity index (χ1v) is 6.25. The number of hydrogen-bond acceptors (Lipinski definition) is 3. The minimum atomic E-state index is -4.48. The molecule has 0 atom stereocenters. The molecular weight excluding hydrogens is 283 g/mol. The van der Waals surface area contributed by atoms with Gasteiger partial charge in [0.2, 0.25) is 0 Å². The Hall–Kier alpha value is -2.49. The summed E-state index contributed by atoms with van der Waals surface area (Å²) in [6.07, 6.45) is -1.24. The molecule has 110 valence electrons. The Labute approximate surface area is 119 Å². The second-order valence-corrected chi connectivity index (χ2v) is 4.64. The van der Waals surface area contributed by atoms with Crippen molar-refractivity contribution in [3.8, 4) is 6.07 Å². The highest BCUT2D eigenvalue weighted by Crippen LogP contribution is 2.30. The van der Waals surface area contributed by atoms with Gasteiger partial charge in [-0.1, -0.05) is 6.07 Å². The fraction of sp³-hybridized carbons (Fsp3) is 0.286. The van der Waals surface area contributed by atoms with E-state index in [9.17, 15) is 18.0 Å². The summed E-state index contributed by atoms with van der Waals surface area (Å²) in [6, 6.07) is 6.24. The van der Waals surface area contributed by atoms with Crippen molar-refractivity contribution in [3.63, 3.8) is 0 Å². The largest absolute Gasteiger partial charge is 0.416 e. The normalized spacial score (nSPS) is 15.2. The molecule has 0 radical (unpaired) electrons. The number of carbonyl (C=O) groups is 1. The first-order valence-electron chi connectivity index (χ1n) is 6.25. The highest BCUT2D eigenvalue weighted by atomic mass is 19.4. The Morgan fingerprint density at radius 1 is 1.38 bits per heavy atom. The van der Waals surface area contributed by atoms with Gasteiger partial charge in [0, 0.05) is 17.9 Å². The van der Waals surface area contributed by atoms with E-state index < -0.39 is 17.6 Å². The van der Waals surface area contributed by atoms with Crippen LogP contribution in [0.4, 0.5) is 18.9 Å². The quantitative estimate of drug-likeness (QED) is 0.663. The van der Waals surface area contributed by atoms with Crippen LogP contribution < -0.4 is 10.6 Å². The van der Waals surface area contributed by atoms with Gasteiger partial charge in [-0.3, -0.25) is 4.79 Å². The minimum Gasteiger partial charge on any atom is -0.387 e. The first kappa shape index (κ1) is 14.9. The third kappa shape index (κ3) is 4.24. The summed E-state index contributed by atoms with van der Waals surface area (Å²) >= 11 is 0. The second kappa shape index (κ2) is 5.87. The molecule has 0 aliphatic heterocycles. The van der Waals surface area contributed by atoms with Crippen LogP contribution in [0, 0.1) is 11.3 Å². The van der Waals surface area contributed by atoms with Crippen LogP contribution in [-0.2, 0) is 11.0 Å². The monoisotopic (exact) mass is 295 g/mol. The molecule has 0 saturated heterocycles. The predicted octanol–water partition coefficient (Wildman–Crippen LogP) is 2.80. The second-order valence-electron chi connectivity index (χ2n) is 4.64. The first-order chi connectivity index (χ1) is 9.90. The van der Waals surface area contributed by atoms with E-state index in [1.807, 2.05) is 0 Å². The third-order valence-electron chi connectivity index (χ3n) is 2.85. The molecule has 1 saturated carbocycles. The number of rotatable bonds is 4. The summed E-state index contributed by atoms with van der Waals surface area (Å²) in [5.74, 6) is -0.745. The summed E-state index contributed by atoms with van der Waals surface area (Å²) in [6.45, 7) is 0. The van der Waals surface area contributed by atoms with E-state index in [0.29, 0.717) is 0 Å². The minimum absolute atomic E-state index is 0.0117. The lowest BCUT2D eigenvalue weighted by molar-refractivity contribution is -0.137. The third-order valence-corrected chi connectivity index (χ3v) is 2.85. The molecule has 21 heavy (non-hydrogen) atoms. The smallest absolute Gasteiger partial charge is 0.387 e. The highest BCUT2D eigenvalue weighted by Gasteiger charge is 2.30. The van der Waals surface area contributed by atoms with Gasteiger partial charge in [-0.25, -0.2) is 0 Å². The Balaban J connectivity index is 2.08. The van der Waals surface area contributed by atoms with Crippen LogP contribution in [0.1, 0.15) is 18.4 Å². The Morgan fingerprint density at radius 3 is 2.67 bits per heavy atom. The molecule has 0 unspecified atom stereocenters. The molecule has 1 fully saturated rings. The van der Waals surface area contributed by atoms with E-state index in [0.717, 1.165) is 25.0 Å². The van der Waals surface area contributed by atoms with E-state index in [-0.39, 0.29) is 17.3 Å². The van der Waals surface area contributed by atoms with Gasteiger partial charge in [-0.05, 0) is 31.0 Å². The zero-order chi connectivity index (χ0) is 15.5. The number of halogens is 3. The van der Waals surface area contributed by atoms with Crippen molar-refractivity contribution in [2.45, 2.75) is 25.1 Å². The molecule has 4 nitrogen and oxygen atoms in total. The molecule has 0 spiro atoms. The zero-order valence-electron chi connectivity index (χ0n) is 10.9. The zero-order valence-corrected chi connectivity index (χ0v) is 10.9. The average molecular weight is 295 g/mol. The van der Waals surface area contributed by atoms with E-state index in [1.165, 1.54) is 18.3 Å². The van der Waals surface area contributed by atoms with Crippen molar-refractivity contribution in [1.29, 1.82) is 5.26 Å². The topological polar surface area (TPSA) is 64.9 Å². The van der Waals surface area contributed by atoms with E-state index in [4.69, 9.17) is 5.26 Å². The standard InChI is InChI=1S/C14H12F3N3O/c15-14(16,17)10-2-1-3-12(6-10)20-13(21)9(7-18)8-19-11-4-5-11/h1-3,6,8,11,19H,4-5H2,(H,20,21)/b9-8-. The van der Waals surface area contributed by atoms with Gasteiger partial charge in [0.1, 0.15) is 11.6 Å². The molecule has 0 bridgehead atoms. The highest BCUT2D eigenvalue weighted by molar-refractivity contribution is 6.06. The van der Waals surface area contributed by atoms with Crippen molar-refractivity contribution in [2.75, 3.05) is 5.32 Å². The Kier molecular flexibility index (Phi) is 4.17. The number of hydrogen-bond donors (Lipinski definition) is 2. The number of benzene rings is 1. The van der Waals surface area contributed by atoms with E-state index in [1.54, 1.807) is 6.07 Å². The maximum absolute atomic E-state index is 12.6. The summed E-state index contributed by atoms with van der Waals surface area (Å²) < 4.78 is 37.7. The van der Waals surface area contributed by atoms with Crippen LogP contribution in [0.5, 0.6) is 0 Å². The van der Waals surface area contributed by atoms with Gasteiger partial charge in [0.15, 0.2) is 0 Å². The number of alkyl halides is 3. The summed E-state index contributed by atoms with van der Waals surface area (Å²) in [5.41, 5.74) is -1.05. The molecule has 1 amide bonds. The molecule has 1 aromatic rings. The van der Waals surface area contributed by atoms with Crippen molar-refractivity contribution >= 4 is 11.6 Å². The summed E-state index contributed by atoms with van der Waals surface area (Å²) in [4.78, 5) is 11.8. The Bertz CT molecular complexity index is 613. The van der Waals surface area contributed by atoms with Crippen LogP contribution in [0.25, 0.3) is 0 Å². The molecule has 7 heteroatoms.